The molecule has 3 nitrogen and oxygen atoms in total. The molecular weight excluding hydrogens is 223 g/mol. The topological polar surface area (TPSA) is 55.5 Å². The fourth-order valence-electron chi connectivity index (χ4n) is 1.30. The van der Waals surface area contributed by atoms with Gasteiger partial charge in [-0.05, 0) is 18.2 Å². The van der Waals surface area contributed by atoms with Gasteiger partial charge in [-0.15, -0.1) is 0 Å². The van der Waals surface area contributed by atoms with Crippen molar-refractivity contribution in [1.29, 1.82) is 0 Å². The zero-order chi connectivity index (χ0) is 12.3. The second-order valence-corrected chi connectivity index (χ2v) is 3.21. The maximum Gasteiger partial charge on any atom is 0.416 e. The highest BCUT2D eigenvalue weighted by Crippen LogP contribution is 2.34. The largest absolute Gasteiger partial charge is 0.496 e. The summed E-state index contributed by atoms with van der Waals surface area (Å²) in [7, 11) is 1.31. The van der Waals surface area contributed by atoms with Crippen LogP contribution in [0.5, 0.6) is 5.75 Å². The maximum absolute atomic E-state index is 12.4. The van der Waals surface area contributed by atoms with E-state index in [9.17, 15) is 18.3 Å². The molecule has 0 saturated carbocycles. The van der Waals surface area contributed by atoms with Crippen molar-refractivity contribution in [3.8, 4) is 5.75 Å². The molecule has 1 atom stereocenters. The fraction of sp³-hybridized carbons (Fsp3) is 0.400. The number of aliphatic hydroxyl groups is 1. The van der Waals surface area contributed by atoms with Gasteiger partial charge in [0.15, 0.2) is 0 Å². The van der Waals surface area contributed by atoms with Gasteiger partial charge in [0, 0.05) is 12.1 Å². The van der Waals surface area contributed by atoms with Crippen LogP contribution in [-0.4, -0.2) is 18.8 Å². The highest BCUT2D eigenvalue weighted by atomic mass is 19.4. The molecule has 1 aromatic carbocycles. The highest BCUT2D eigenvalue weighted by molar-refractivity contribution is 5.39. The third-order valence-corrected chi connectivity index (χ3v) is 2.14. The van der Waals surface area contributed by atoms with Crippen molar-refractivity contribution < 1.29 is 23.0 Å². The van der Waals surface area contributed by atoms with Crippen LogP contribution in [0.15, 0.2) is 18.2 Å². The van der Waals surface area contributed by atoms with Crippen molar-refractivity contribution in [2.24, 2.45) is 5.73 Å². The molecule has 16 heavy (non-hydrogen) atoms. The van der Waals surface area contributed by atoms with E-state index in [1.165, 1.54) is 7.11 Å². The Labute approximate surface area is 90.6 Å². The van der Waals surface area contributed by atoms with Crippen LogP contribution in [0, 0.1) is 0 Å². The van der Waals surface area contributed by atoms with Crippen molar-refractivity contribution in [2.45, 2.75) is 12.3 Å². The number of ether oxygens (including phenoxy) is 1. The van der Waals surface area contributed by atoms with Crippen LogP contribution >= 0.6 is 0 Å². The van der Waals surface area contributed by atoms with E-state index in [4.69, 9.17) is 10.5 Å². The number of aliphatic hydroxyl groups excluding tert-OH is 1. The van der Waals surface area contributed by atoms with E-state index in [-0.39, 0.29) is 17.9 Å². The van der Waals surface area contributed by atoms with Crippen molar-refractivity contribution >= 4 is 0 Å². The summed E-state index contributed by atoms with van der Waals surface area (Å²) in [4.78, 5) is 0. The summed E-state index contributed by atoms with van der Waals surface area (Å²) in [6.07, 6.45) is -5.62. The second-order valence-electron chi connectivity index (χ2n) is 3.21. The Morgan fingerprint density at radius 1 is 1.44 bits per heavy atom. The highest BCUT2D eigenvalue weighted by Gasteiger charge is 2.31. The molecular formula is C10H12F3NO2. The minimum absolute atomic E-state index is 0.0415. The molecule has 0 aromatic heterocycles. The molecule has 0 spiro atoms. The van der Waals surface area contributed by atoms with Gasteiger partial charge in [-0.2, -0.15) is 13.2 Å². The average molecular weight is 235 g/mol. The molecule has 1 aromatic rings. The first-order valence-electron chi connectivity index (χ1n) is 4.53. The monoisotopic (exact) mass is 235 g/mol. The summed E-state index contributed by atoms with van der Waals surface area (Å²) in [6, 6.07) is 2.90. The van der Waals surface area contributed by atoms with E-state index >= 15 is 0 Å². The van der Waals surface area contributed by atoms with Gasteiger partial charge in [0.05, 0.1) is 18.8 Å². The van der Waals surface area contributed by atoms with E-state index in [0.717, 1.165) is 18.2 Å². The molecule has 0 aliphatic carbocycles. The Balaban J connectivity index is 3.21. The van der Waals surface area contributed by atoms with Crippen molar-refractivity contribution in [3.63, 3.8) is 0 Å². The number of methoxy groups -OCH3 is 1. The lowest BCUT2D eigenvalue weighted by atomic mass is 10.0. The number of hydrogen-bond acceptors (Lipinski definition) is 3. The average Bonchev–Trinajstić information content (AvgIpc) is 2.25. The molecule has 0 aliphatic rings. The van der Waals surface area contributed by atoms with Crippen LogP contribution in [0.2, 0.25) is 0 Å². The van der Waals surface area contributed by atoms with Gasteiger partial charge in [0.25, 0.3) is 0 Å². The van der Waals surface area contributed by atoms with Gasteiger partial charge in [-0.1, -0.05) is 0 Å². The van der Waals surface area contributed by atoms with E-state index in [1.54, 1.807) is 0 Å². The number of halogens is 3. The summed E-state index contributed by atoms with van der Waals surface area (Å²) in [5.74, 6) is 0.186. The molecule has 90 valence electrons. The maximum atomic E-state index is 12.4. The summed E-state index contributed by atoms with van der Waals surface area (Å²) < 4.78 is 42.1. The van der Waals surface area contributed by atoms with Crippen LogP contribution in [0.25, 0.3) is 0 Å². The Bertz CT molecular complexity index is 366. The second kappa shape index (κ2) is 4.71. The Kier molecular flexibility index (Phi) is 3.77. The zero-order valence-corrected chi connectivity index (χ0v) is 8.58. The van der Waals surface area contributed by atoms with Crippen LogP contribution < -0.4 is 10.5 Å². The lowest BCUT2D eigenvalue weighted by molar-refractivity contribution is -0.137. The zero-order valence-electron chi connectivity index (χ0n) is 8.58. The quantitative estimate of drug-likeness (QED) is 0.838. The van der Waals surface area contributed by atoms with Gasteiger partial charge in [0.1, 0.15) is 5.75 Å². The predicted molar refractivity (Wildman–Crippen MR) is 52.0 cm³/mol. The summed E-state index contributed by atoms with van der Waals surface area (Å²) in [5, 5.41) is 9.46. The van der Waals surface area contributed by atoms with Crippen molar-refractivity contribution in [1.82, 2.24) is 0 Å². The normalized spacial score (nSPS) is 13.6. The van der Waals surface area contributed by atoms with Crippen LogP contribution in [0.4, 0.5) is 13.2 Å². The van der Waals surface area contributed by atoms with E-state index in [0.29, 0.717) is 0 Å². The molecule has 0 bridgehead atoms. The summed E-state index contributed by atoms with van der Waals surface area (Å²) in [6.45, 7) is -0.169. The molecule has 0 aliphatic heterocycles. The van der Waals surface area contributed by atoms with Crippen molar-refractivity contribution in [3.05, 3.63) is 29.3 Å². The van der Waals surface area contributed by atoms with Gasteiger partial charge >= 0.3 is 6.18 Å². The Morgan fingerprint density at radius 3 is 2.50 bits per heavy atom. The standard InChI is InChI=1S/C10H12F3NO2/c1-16-9-3-2-6(10(11,12)13)4-7(9)8(15)5-14/h2-4,8,15H,5,14H2,1H3/t8-/m0/s1. The van der Waals surface area contributed by atoms with Crippen LogP contribution in [-0.2, 0) is 6.18 Å². The number of benzene rings is 1. The third-order valence-electron chi connectivity index (χ3n) is 2.14. The first-order valence-corrected chi connectivity index (χ1v) is 4.53. The first-order chi connectivity index (χ1) is 7.40. The number of nitrogens with two attached hydrogens (primary N) is 1. The van der Waals surface area contributed by atoms with Gasteiger partial charge in [0.2, 0.25) is 0 Å². The first kappa shape index (κ1) is 12.8. The van der Waals surface area contributed by atoms with Crippen molar-refractivity contribution in [2.75, 3.05) is 13.7 Å². The van der Waals surface area contributed by atoms with Gasteiger partial charge < -0.3 is 15.6 Å². The number of rotatable bonds is 3. The Hall–Kier alpha value is -1.27. The van der Waals surface area contributed by atoms with Gasteiger partial charge in [-0.25, -0.2) is 0 Å². The molecule has 0 saturated heterocycles. The number of alkyl halides is 3. The van der Waals surface area contributed by atoms with Gasteiger partial charge in [-0.3, -0.25) is 0 Å². The van der Waals surface area contributed by atoms with E-state index < -0.39 is 17.8 Å². The van der Waals surface area contributed by atoms with Crippen LogP contribution in [0.1, 0.15) is 17.2 Å². The lowest BCUT2D eigenvalue weighted by Crippen LogP contribution is -2.14. The molecule has 1 rings (SSSR count). The summed E-state index contributed by atoms with van der Waals surface area (Å²) >= 11 is 0. The number of hydrogen-bond donors (Lipinski definition) is 2. The minimum atomic E-state index is -4.45. The fourth-order valence-corrected chi connectivity index (χ4v) is 1.30. The molecule has 0 fully saturated rings. The molecule has 0 radical (unpaired) electrons. The minimum Gasteiger partial charge on any atom is -0.496 e. The van der Waals surface area contributed by atoms with E-state index in [2.05, 4.69) is 0 Å². The molecule has 0 amide bonds. The molecule has 0 heterocycles. The molecule has 3 N–H and O–H groups in total. The predicted octanol–water partition coefficient (Wildman–Crippen LogP) is 1.71. The smallest absolute Gasteiger partial charge is 0.416 e. The van der Waals surface area contributed by atoms with Crippen LogP contribution in [0.3, 0.4) is 0 Å². The SMILES string of the molecule is COc1ccc(C(F)(F)F)cc1[C@@H](O)CN. The third kappa shape index (κ3) is 2.65. The summed E-state index contributed by atoms with van der Waals surface area (Å²) in [5.41, 5.74) is 4.40. The lowest BCUT2D eigenvalue weighted by Gasteiger charge is -2.15. The molecule has 6 heteroatoms. The molecule has 0 unspecified atom stereocenters. The van der Waals surface area contributed by atoms with E-state index in [1.807, 2.05) is 0 Å². The Morgan fingerprint density at radius 2 is 2.06 bits per heavy atom.